The molecule has 4 saturated carbocycles. The molecule has 0 aromatic rings. The maximum absolute atomic E-state index is 11.0. The maximum atomic E-state index is 11.0. The third-order valence-corrected chi connectivity index (χ3v) is 9.45. The number of rotatable bonds is 0. The van der Waals surface area contributed by atoms with Crippen LogP contribution in [0, 0.1) is 34.5 Å². The molecule has 4 aliphatic carbocycles. The van der Waals surface area contributed by atoms with Gasteiger partial charge in [0.25, 0.3) is 0 Å². The van der Waals surface area contributed by atoms with Crippen molar-refractivity contribution in [3.05, 3.63) is 0 Å². The van der Waals surface area contributed by atoms with Crippen LogP contribution in [0.4, 0.5) is 0 Å². The topological polar surface area (TPSA) is 58.9 Å². The monoisotopic (exact) mass is 350 g/mol. The highest BCUT2D eigenvalue weighted by Gasteiger charge is 2.68. The van der Waals surface area contributed by atoms with Gasteiger partial charge in [-0.05, 0) is 74.0 Å². The van der Waals surface area contributed by atoms with Gasteiger partial charge in [-0.25, -0.2) is 0 Å². The summed E-state index contributed by atoms with van der Waals surface area (Å²) in [5.74, 6) is 1.79. The maximum Gasteiger partial charge on any atom is 0.174 e. The molecule has 8 atom stereocenters. The standard InChI is InChI=1S/C21H34O4/c1-19-6-3-13(22)11-17(19)18(23)12-14-15(19)4-7-20(2)16(14)5-8-21(20)24-9-10-25-21/h13-18,22-23H,3-12H2,1-2H3/t13-,14+,15-,16-,17+,18?,19+,20-/m0/s1. The third-order valence-electron chi connectivity index (χ3n) is 9.45. The first-order valence-corrected chi connectivity index (χ1v) is 10.5. The number of hydrogen-bond acceptors (Lipinski definition) is 4. The van der Waals surface area contributed by atoms with E-state index in [4.69, 9.17) is 9.47 Å². The zero-order valence-corrected chi connectivity index (χ0v) is 15.7. The highest BCUT2D eigenvalue weighted by atomic mass is 16.7. The number of aliphatic hydroxyl groups is 2. The van der Waals surface area contributed by atoms with Gasteiger partial charge in [0.2, 0.25) is 0 Å². The van der Waals surface area contributed by atoms with Gasteiger partial charge in [0.1, 0.15) is 0 Å². The van der Waals surface area contributed by atoms with E-state index in [-0.39, 0.29) is 34.7 Å². The molecular weight excluding hydrogens is 316 g/mol. The molecule has 5 fully saturated rings. The molecular formula is C21H34O4. The van der Waals surface area contributed by atoms with Gasteiger partial charge >= 0.3 is 0 Å². The largest absolute Gasteiger partial charge is 0.393 e. The zero-order valence-electron chi connectivity index (χ0n) is 15.7. The Morgan fingerprint density at radius 3 is 2.28 bits per heavy atom. The molecule has 5 aliphatic rings. The van der Waals surface area contributed by atoms with E-state index in [0.717, 1.165) is 45.3 Å². The Kier molecular flexibility index (Phi) is 3.69. The van der Waals surface area contributed by atoms with E-state index in [0.29, 0.717) is 17.8 Å². The third kappa shape index (κ3) is 2.09. The van der Waals surface area contributed by atoms with Crippen molar-refractivity contribution in [2.75, 3.05) is 13.2 Å². The Labute approximate surface area is 151 Å². The van der Waals surface area contributed by atoms with Crippen LogP contribution in [0.25, 0.3) is 0 Å². The average Bonchev–Trinajstić information content (AvgIpc) is 3.17. The minimum atomic E-state index is -0.353. The molecule has 142 valence electrons. The predicted molar refractivity (Wildman–Crippen MR) is 93.8 cm³/mol. The van der Waals surface area contributed by atoms with Crippen molar-refractivity contribution in [1.82, 2.24) is 0 Å². The molecule has 0 aromatic carbocycles. The molecule has 1 saturated heterocycles. The SMILES string of the molecule is C[C@]12CC[C@H](O)C[C@@H]1C(O)C[C@@H]1[C@@H]2CC[C@@]2(C)[C@H]1CCC21OCCO1. The van der Waals surface area contributed by atoms with E-state index < -0.39 is 0 Å². The molecule has 0 bridgehead atoms. The van der Waals surface area contributed by atoms with Gasteiger partial charge in [0.05, 0.1) is 25.4 Å². The van der Waals surface area contributed by atoms with Crippen LogP contribution in [0.2, 0.25) is 0 Å². The molecule has 0 aromatic heterocycles. The van der Waals surface area contributed by atoms with E-state index in [1.54, 1.807) is 0 Å². The van der Waals surface area contributed by atoms with Crippen molar-refractivity contribution in [2.45, 2.75) is 83.2 Å². The summed E-state index contributed by atoms with van der Waals surface area (Å²) in [5.41, 5.74) is 0.289. The Hall–Kier alpha value is -0.160. The predicted octanol–water partition coefficient (Wildman–Crippen LogP) is 3.10. The second kappa shape index (κ2) is 5.43. The summed E-state index contributed by atoms with van der Waals surface area (Å²) in [4.78, 5) is 0. The van der Waals surface area contributed by atoms with Gasteiger partial charge in [-0.2, -0.15) is 0 Å². The van der Waals surface area contributed by atoms with Crippen molar-refractivity contribution in [2.24, 2.45) is 34.5 Å². The molecule has 0 radical (unpaired) electrons. The van der Waals surface area contributed by atoms with Crippen molar-refractivity contribution in [1.29, 1.82) is 0 Å². The van der Waals surface area contributed by atoms with Crippen molar-refractivity contribution in [3.8, 4) is 0 Å². The number of fused-ring (bicyclic) bond motifs is 6. The summed E-state index contributed by atoms with van der Waals surface area (Å²) in [6.07, 6.45) is 7.80. The quantitative estimate of drug-likeness (QED) is 0.705. The number of ether oxygens (including phenoxy) is 2. The second-order valence-electron chi connectivity index (χ2n) is 10.2. The molecule has 0 amide bonds. The lowest BCUT2D eigenvalue weighted by molar-refractivity contribution is -0.253. The van der Waals surface area contributed by atoms with Crippen LogP contribution in [0.3, 0.4) is 0 Å². The summed E-state index contributed by atoms with van der Waals surface area (Å²) in [6, 6.07) is 0. The van der Waals surface area contributed by atoms with Crippen LogP contribution in [0.5, 0.6) is 0 Å². The minimum absolute atomic E-state index is 0.0990. The normalized spacial score (nSPS) is 57.1. The van der Waals surface area contributed by atoms with E-state index in [1.165, 1.54) is 19.3 Å². The van der Waals surface area contributed by atoms with Gasteiger partial charge in [0.15, 0.2) is 5.79 Å². The van der Waals surface area contributed by atoms with Gasteiger partial charge in [-0.15, -0.1) is 0 Å². The van der Waals surface area contributed by atoms with Crippen molar-refractivity contribution < 1.29 is 19.7 Å². The smallest absolute Gasteiger partial charge is 0.174 e. The Balaban J connectivity index is 1.48. The molecule has 1 aliphatic heterocycles. The lowest BCUT2D eigenvalue weighted by Crippen LogP contribution is -2.60. The molecule has 1 unspecified atom stereocenters. The highest BCUT2D eigenvalue weighted by molar-refractivity contribution is 5.14. The molecule has 5 rings (SSSR count). The van der Waals surface area contributed by atoms with Crippen molar-refractivity contribution >= 4 is 0 Å². The fraction of sp³-hybridized carbons (Fsp3) is 1.00. The summed E-state index contributed by atoms with van der Waals surface area (Å²) in [7, 11) is 0. The first-order chi connectivity index (χ1) is 11.9. The molecule has 4 nitrogen and oxygen atoms in total. The Bertz CT molecular complexity index is 544. The molecule has 2 N–H and O–H groups in total. The average molecular weight is 350 g/mol. The second-order valence-corrected chi connectivity index (χ2v) is 10.2. The zero-order chi connectivity index (χ0) is 17.4. The van der Waals surface area contributed by atoms with Crippen LogP contribution in [-0.2, 0) is 9.47 Å². The molecule has 4 heteroatoms. The Morgan fingerprint density at radius 1 is 0.800 bits per heavy atom. The first-order valence-electron chi connectivity index (χ1n) is 10.5. The summed E-state index contributed by atoms with van der Waals surface area (Å²) >= 11 is 0. The Morgan fingerprint density at radius 2 is 1.52 bits per heavy atom. The van der Waals surface area contributed by atoms with Crippen LogP contribution in [0.1, 0.15) is 65.2 Å². The first kappa shape index (κ1) is 17.0. The fourth-order valence-corrected chi connectivity index (χ4v) is 8.16. The van der Waals surface area contributed by atoms with Crippen LogP contribution >= 0.6 is 0 Å². The molecule has 1 spiro atoms. The lowest BCUT2D eigenvalue weighted by Gasteiger charge is -2.62. The molecule has 1 heterocycles. The highest BCUT2D eigenvalue weighted by Crippen LogP contribution is 2.69. The van der Waals surface area contributed by atoms with Crippen LogP contribution in [0.15, 0.2) is 0 Å². The van der Waals surface area contributed by atoms with E-state index >= 15 is 0 Å². The van der Waals surface area contributed by atoms with Gasteiger partial charge in [-0.3, -0.25) is 0 Å². The van der Waals surface area contributed by atoms with Crippen LogP contribution < -0.4 is 0 Å². The number of hydrogen-bond donors (Lipinski definition) is 2. The van der Waals surface area contributed by atoms with E-state index in [1.807, 2.05) is 0 Å². The number of aliphatic hydroxyl groups excluding tert-OH is 2. The minimum Gasteiger partial charge on any atom is -0.393 e. The summed E-state index contributed by atoms with van der Waals surface area (Å²) in [5, 5.41) is 21.2. The van der Waals surface area contributed by atoms with Gasteiger partial charge in [-0.1, -0.05) is 13.8 Å². The van der Waals surface area contributed by atoms with Crippen LogP contribution in [-0.4, -0.2) is 41.4 Å². The van der Waals surface area contributed by atoms with Gasteiger partial charge < -0.3 is 19.7 Å². The van der Waals surface area contributed by atoms with E-state index in [9.17, 15) is 10.2 Å². The lowest BCUT2D eigenvalue weighted by atomic mass is 9.44. The summed E-state index contributed by atoms with van der Waals surface area (Å²) in [6.45, 7) is 6.28. The summed E-state index contributed by atoms with van der Waals surface area (Å²) < 4.78 is 12.4. The van der Waals surface area contributed by atoms with Crippen molar-refractivity contribution in [3.63, 3.8) is 0 Å². The fourth-order valence-electron chi connectivity index (χ4n) is 8.16. The van der Waals surface area contributed by atoms with Gasteiger partial charge in [0, 0.05) is 11.8 Å². The van der Waals surface area contributed by atoms with E-state index in [2.05, 4.69) is 13.8 Å². The molecule has 25 heavy (non-hydrogen) atoms.